The van der Waals surface area contributed by atoms with Gasteiger partial charge in [-0.15, -0.1) is 0 Å². The first kappa shape index (κ1) is 37.0. The van der Waals surface area contributed by atoms with Crippen molar-refractivity contribution in [2.24, 2.45) is 0 Å². The van der Waals surface area contributed by atoms with Gasteiger partial charge in [-0.1, -0.05) is 122 Å². The predicted molar refractivity (Wildman–Crippen MR) is 211 cm³/mol. The molecule has 3 fully saturated rings. The molecule has 2 aliphatic heterocycles. The van der Waals surface area contributed by atoms with Gasteiger partial charge in [-0.05, 0) is 82.3 Å². The Morgan fingerprint density at radius 1 is 0.560 bits per heavy atom. The summed E-state index contributed by atoms with van der Waals surface area (Å²) in [7, 11) is 0. The molecule has 1 saturated carbocycles. The minimum atomic E-state index is 0.102. The minimum absolute atomic E-state index is 0.102. The number of hydrogen-bond donors (Lipinski definition) is 0. The SMILES string of the molecule is Cc1cccc(-c2nc3ccc(N4CCN5CCCCCCCCCCCCCCCCCCCCCC4CC5)cc3c(=O)n2C2CCC2)n1. The van der Waals surface area contributed by atoms with Gasteiger partial charge >= 0.3 is 0 Å². The summed E-state index contributed by atoms with van der Waals surface area (Å²) in [4.78, 5) is 29.7. The molecule has 6 rings (SSSR count). The first-order valence-electron chi connectivity index (χ1n) is 21.2. The van der Waals surface area contributed by atoms with E-state index < -0.39 is 0 Å². The number of benzene rings is 1. The van der Waals surface area contributed by atoms with Gasteiger partial charge in [0.25, 0.3) is 5.56 Å². The Morgan fingerprint density at radius 2 is 1.16 bits per heavy atom. The van der Waals surface area contributed by atoms with Crippen molar-refractivity contribution in [3.05, 3.63) is 52.4 Å². The van der Waals surface area contributed by atoms with Crippen LogP contribution in [0, 0.1) is 6.92 Å². The Labute approximate surface area is 303 Å². The summed E-state index contributed by atoms with van der Waals surface area (Å²) in [6.07, 6.45) is 32.5. The summed E-state index contributed by atoms with van der Waals surface area (Å²) in [6, 6.07) is 13.3. The Morgan fingerprint density at radius 3 is 1.76 bits per heavy atom. The van der Waals surface area contributed by atoms with Crippen LogP contribution in [0.1, 0.15) is 166 Å². The molecule has 0 amide bonds. The smallest absolute Gasteiger partial charge is 0.262 e. The zero-order valence-corrected chi connectivity index (χ0v) is 31.6. The summed E-state index contributed by atoms with van der Waals surface area (Å²) in [5, 5.41) is 0.761. The number of nitrogens with zero attached hydrogens (tertiary/aromatic N) is 5. The van der Waals surface area contributed by atoms with E-state index in [9.17, 15) is 4.79 Å². The van der Waals surface area contributed by atoms with Crippen molar-refractivity contribution >= 4 is 16.6 Å². The first-order valence-corrected chi connectivity index (χ1v) is 21.2. The van der Waals surface area contributed by atoms with Crippen molar-refractivity contribution in [3.8, 4) is 11.5 Å². The molecule has 1 aliphatic carbocycles. The van der Waals surface area contributed by atoms with Crippen LogP contribution in [0.15, 0.2) is 41.2 Å². The monoisotopic (exact) mass is 682 g/mol. The quantitative estimate of drug-likeness (QED) is 0.275. The average molecular weight is 682 g/mol. The van der Waals surface area contributed by atoms with Gasteiger partial charge < -0.3 is 9.80 Å². The van der Waals surface area contributed by atoms with Crippen molar-refractivity contribution < 1.29 is 0 Å². The highest BCUT2D eigenvalue weighted by Crippen LogP contribution is 2.35. The van der Waals surface area contributed by atoms with Crippen molar-refractivity contribution in [2.75, 3.05) is 31.1 Å². The van der Waals surface area contributed by atoms with E-state index in [1.165, 1.54) is 160 Å². The first-order chi connectivity index (χ1) is 24.7. The number of hydrogen-bond acceptors (Lipinski definition) is 5. The van der Waals surface area contributed by atoms with Crippen LogP contribution in [0.5, 0.6) is 0 Å². The summed E-state index contributed by atoms with van der Waals surface area (Å²) < 4.78 is 1.98. The van der Waals surface area contributed by atoms with Crippen LogP contribution >= 0.6 is 0 Å². The van der Waals surface area contributed by atoms with E-state index in [-0.39, 0.29) is 11.6 Å². The van der Waals surface area contributed by atoms with E-state index in [0.717, 1.165) is 54.0 Å². The van der Waals surface area contributed by atoms with Gasteiger partial charge in [0.2, 0.25) is 0 Å². The molecule has 0 spiro atoms. The molecule has 0 radical (unpaired) electrons. The van der Waals surface area contributed by atoms with Crippen molar-refractivity contribution in [1.82, 2.24) is 19.4 Å². The van der Waals surface area contributed by atoms with Crippen molar-refractivity contribution in [2.45, 2.75) is 173 Å². The van der Waals surface area contributed by atoms with Crippen LogP contribution < -0.4 is 10.5 Å². The van der Waals surface area contributed by atoms with Crippen LogP contribution in [-0.4, -0.2) is 51.7 Å². The third-order valence-corrected chi connectivity index (χ3v) is 12.2. The number of fused-ring (bicyclic) bond motifs is 4. The van der Waals surface area contributed by atoms with E-state index in [1.54, 1.807) is 0 Å². The third-order valence-electron chi connectivity index (χ3n) is 12.2. The van der Waals surface area contributed by atoms with E-state index in [0.29, 0.717) is 6.04 Å². The minimum Gasteiger partial charge on any atom is -0.367 e. The normalized spacial score (nSPS) is 23.8. The summed E-state index contributed by atoms with van der Waals surface area (Å²) in [5.41, 5.74) is 3.85. The fourth-order valence-electron chi connectivity index (χ4n) is 8.81. The van der Waals surface area contributed by atoms with Gasteiger partial charge in [0.15, 0.2) is 5.82 Å². The summed E-state index contributed by atoms with van der Waals surface area (Å²) in [5.74, 6) is 0.723. The predicted octanol–water partition coefficient (Wildman–Crippen LogP) is 11.2. The lowest BCUT2D eigenvalue weighted by Gasteiger charge is -2.33. The second kappa shape index (κ2) is 19.8. The number of anilines is 1. The fraction of sp³-hybridized carbons (Fsp3) is 0.705. The Hall–Kier alpha value is -2.73. The molecule has 0 N–H and O–H groups in total. The van der Waals surface area contributed by atoms with Crippen LogP contribution in [0.4, 0.5) is 5.69 Å². The highest BCUT2D eigenvalue weighted by molar-refractivity contribution is 5.83. The molecule has 2 bridgehead atoms. The zero-order valence-electron chi connectivity index (χ0n) is 31.6. The third kappa shape index (κ3) is 10.4. The van der Waals surface area contributed by atoms with Gasteiger partial charge in [0, 0.05) is 43.1 Å². The molecular weight excluding hydrogens is 615 g/mol. The molecule has 1 aromatic carbocycles. The molecule has 2 atom stereocenters. The Bertz CT molecular complexity index is 1510. The molecule has 4 heterocycles. The second-order valence-electron chi connectivity index (χ2n) is 16.0. The number of rotatable bonds is 3. The zero-order chi connectivity index (χ0) is 34.4. The lowest BCUT2D eigenvalue weighted by Crippen LogP contribution is -2.37. The molecule has 6 heteroatoms. The highest BCUT2D eigenvalue weighted by Gasteiger charge is 2.28. The standard InChI is InChI=1S/C44H67N5O/c1-36-23-21-27-42(45-36)43-46-41-29-28-39(35-40(41)44(50)49(43)38-25-22-26-38)48-34-33-47-31-20-18-16-14-12-10-8-6-4-2-3-5-7-9-11-13-15-17-19-24-37(48)30-32-47/h21,23,27-29,35,37-38H,2-20,22,24-26,30-34H2,1H3. The highest BCUT2D eigenvalue weighted by atomic mass is 16.1. The molecule has 3 aromatic rings. The lowest BCUT2D eigenvalue weighted by molar-refractivity contribution is 0.281. The van der Waals surface area contributed by atoms with Crippen LogP contribution in [0.3, 0.4) is 0 Å². The molecule has 2 aromatic heterocycles. The number of aryl methyl sites for hydroxylation is 1. The maximum Gasteiger partial charge on any atom is 0.262 e. The van der Waals surface area contributed by atoms with E-state index in [4.69, 9.17) is 9.97 Å². The molecule has 2 unspecified atom stereocenters. The summed E-state index contributed by atoms with van der Waals surface area (Å²) >= 11 is 0. The van der Waals surface area contributed by atoms with E-state index in [1.807, 2.05) is 29.7 Å². The van der Waals surface area contributed by atoms with Gasteiger partial charge in [0.1, 0.15) is 5.69 Å². The van der Waals surface area contributed by atoms with Crippen molar-refractivity contribution in [3.63, 3.8) is 0 Å². The van der Waals surface area contributed by atoms with Gasteiger partial charge in [-0.25, -0.2) is 9.97 Å². The fourth-order valence-corrected chi connectivity index (χ4v) is 8.81. The molecular formula is C44H67N5O. The van der Waals surface area contributed by atoms with Crippen LogP contribution in [-0.2, 0) is 0 Å². The average Bonchev–Trinajstić information content (AvgIpc) is 3.30. The van der Waals surface area contributed by atoms with Crippen LogP contribution in [0.2, 0.25) is 0 Å². The van der Waals surface area contributed by atoms with Gasteiger partial charge in [-0.2, -0.15) is 0 Å². The topological polar surface area (TPSA) is 54.3 Å². The number of pyridine rings is 1. The number of aromatic nitrogens is 3. The molecule has 50 heavy (non-hydrogen) atoms. The van der Waals surface area contributed by atoms with E-state index in [2.05, 4.69) is 28.0 Å². The Kier molecular flexibility index (Phi) is 14.6. The van der Waals surface area contributed by atoms with Gasteiger partial charge in [-0.3, -0.25) is 9.36 Å². The van der Waals surface area contributed by atoms with Gasteiger partial charge in [0.05, 0.1) is 10.9 Å². The Balaban J connectivity index is 1.18. The second-order valence-corrected chi connectivity index (χ2v) is 16.0. The molecule has 274 valence electrons. The lowest BCUT2D eigenvalue weighted by atomic mass is 9.92. The van der Waals surface area contributed by atoms with Crippen molar-refractivity contribution in [1.29, 1.82) is 0 Å². The van der Waals surface area contributed by atoms with E-state index >= 15 is 0 Å². The largest absolute Gasteiger partial charge is 0.367 e. The summed E-state index contributed by atoms with van der Waals surface area (Å²) in [6.45, 7) is 6.57. The molecule has 6 nitrogen and oxygen atoms in total. The maximum absolute atomic E-state index is 14.4. The maximum atomic E-state index is 14.4. The molecule has 3 aliphatic rings. The molecule has 2 saturated heterocycles. The van der Waals surface area contributed by atoms with Crippen LogP contribution in [0.25, 0.3) is 22.4 Å².